The summed E-state index contributed by atoms with van der Waals surface area (Å²) in [7, 11) is 0. The Bertz CT molecular complexity index is 471. The molecule has 1 aromatic rings. The highest BCUT2D eigenvalue weighted by Crippen LogP contribution is 2.34. The van der Waals surface area contributed by atoms with E-state index < -0.39 is 23.4 Å². The molecule has 94 valence electrons. The standard InChI is InChI=1S/C9H10F3N3O2/c10-9(11,12)7-6(3-13-14-8(7)17)15-2-1-5(16)4-15/h3,5,16H,1-2,4H2,(H,14,17). The highest BCUT2D eigenvalue weighted by atomic mass is 19.4. The molecule has 1 unspecified atom stereocenters. The van der Waals surface area contributed by atoms with Crippen molar-refractivity contribution in [3.05, 3.63) is 22.1 Å². The summed E-state index contributed by atoms with van der Waals surface area (Å²) in [5, 5.41) is 14.4. The van der Waals surface area contributed by atoms with E-state index in [4.69, 9.17) is 0 Å². The van der Waals surface area contributed by atoms with E-state index in [-0.39, 0.29) is 18.8 Å². The summed E-state index contributed by atoms with van der Waals surface area (Å²) >= 11 is 0. The molecule has 2 N–H and O–H groups in total. The quantitative estimate of drug-likeness (QED) is 0.754. The lowest BCUT2D eigenvalue weighted by Gasteiger charge is -2.20. The van der Waals surface area contributed by atoms with Crippen LogP contribution >= 0.6 is 0 Å². The van der Waals surface area contributed by atoms with Crippen LogP contribution in [0.25, 0.3) is 0 Å². The van der Waals surface area contributed by atoms with Crippen LogP contribution in [0.2, 0.25) is 0 Å². The largest absolute Gasteiger partial charge is 0.423 e. The lowest BCUT2D eigenvalue weighted by atomic mass is 10.2. The minimum atomic E-state index is -4.74. The van der Waals surface area contributed by atoms with E-state index in [1.807, 2.05) is 0 Å². The second kappa shape index (κ2) is 4.02. The normalized spacial score (nSPS) is 20.9. The fraction of sp³-hybridized carbons (Fsp3) is 0.556. The summed E-state index contributed by atoms with van der Waals surface area (Å²) in [5.41, 5.74) is -2.81. The van der Waals surface area contributed by atoms with Crippen LogP contribution in [0.3, 0.4) is 0 Å². The first-order valence-corrected chi connectivity index (χ1v) is 4.97. The molecule has 5 nitrogen and oxygen atoms in total. The Morgan fingerprint density at radius 1 is 1.53 bits per heavy atom. The van der Waals surface area contributed by atoms with Crippen LogP contribution in [0.5, 0.6) is 0 Å². The highest BCUT2D eigenvalue weighted by molar-refractivity contribution is 5.53. The Morgan fingerprint density at radius 3 is 2.76 bits per heavy atom. The molecule has 1 aliphatic heterocycles. The van der Waals surface area contributed by atoms with Gasteiger partial charge in [-0.15, -0.1) is 0 Å². The Morgan fingerprint density at radius 2 is 2.24 bits per heavy atom. The number of β-amino-alcohol motifs (C(OH)–C–C–N with tert-alkyl or cyclic N) is 1. The fourth-order valence-corrected chi connectivity index (χ4v) is 1.86. The number of rotatable bonds is 1. The third-order valence-electron chi connectivity index (χ3n) is 2.62. The summed E-state index contributed by atoms with van der Waals surface area (Å²) in [6.45, 7) is 0.351. The minimum absolute atomic E-state index is 0.0776. The number of halogens is 3. The molecule has 1 aliphatic rings. The smallest absolute Gasteiger partial charge is 0.391 e. The Hall–Kier alpha value is -1.57. The molecule has 0 radical (unpaired) electrons. The highest BCUT2D eigenvalue weighted by Gasteiger charge is 2.39. The zero-order chi connectivity index (χ0) is 12.6. The lowest BCUT2D eigenvalue weighted by Crippen LogP contribution is -2.30. The molecule has 0 aliphatic carbocycles. The molecule has 1 atom stereocenters. The molecule has 0 saturated carbocycles. The summed E-state index contributed by atoms with van der Waals surface area (Å²) < 4.78 is 38.2. The van der Waals surface area contributed by atoms with Gasteiger partial charge in [-0.3, -0.25) is 4.79 Å². The van der Waals surface area contributed by atoms with Crippen molar-refractivity contribution in [2.75, 3.05) is 18.0 Å². The predicted octanol–water partition coefficient (Wildman–Crippen LogP) is 0.360. The van der Waals surface area contributed by atoms with E-state index in [0.29, 0.717) is 6.42 Å². The number of hydrogen-bond donors (Lipinski definition) is 2. The molecule has 0 amide bonds. The van der Waals surface area contributed by atoms with Crippen molar-refractivity contribution in [3.63, 3.8) is 0 Å². The maximum Gasteiger partial charge on any atom is 0.423 e. The van der Waals surface area contributed by atoms with Gasteiger partial charge in [-0.2, -0.15) is 18.3 Å². The number of nitrogens with one attached hydrogen (secondary N) is 1. The zero-order valence-corrected chi connectivity index (χ0v) is 8.66. The first-order chi connectivity index (χ1) is 7.89. The number of alkyl halides is 3. The molecule has 1 saturated heterocycles. The van der Waals surface area contributed by atoms with Gasteiger partial charge in [0.2, 0.25) is 0 Å². The van der Waals surface area contributed by atoms with E-state index in [1.165, 1.54) is 4.90 Å². The number of aromatic amines is 1. The first-order valence-electron chi connectivity index (χ1n) is 4.97. The van der Waals surface area contributed by atoms with Gasteiger partial charge in [0.15, 0.2) is 0 Å². The third kappa shape index (κ3) is 2.26. The summed E-state index contributed by atoms with van der Waals surface area (Å²) in [6, 6.07) is 0. The second-order valence-corrected chi connectivity index (χ2v) is 3.85. The number of anilines is 1. The molecule has 2 rings (SSSR count). The Balaban J connectivity index is 2.47. The van der Waals surface area contributed by atoms with Gasteiger partial charge in [-0.1, -0.05) is 0 Å². The molecule has 1 fully saturated rings. The van der Waals surface area contributed by atoms with Crippen LogP contribution in [0.1, 0.15) is 12.0 Å². The van der Waals surface area contributed by atoms with E-state index in [2.05, 4.69) is 5.10 Å². The molecule has 0 aromatic carbocycles. The van der Waals surface area contributed by atoms with E-state index in [9.17, 15) is 23.1 Å². The van der Waals surface area contributed by atoms with Crippen molar-refractivity contribution in [3.8, 4) is 0 Å². The Kier molecular flexibility index (Phi) is 2.82. The molecular weight excluding hydrogens is 239 g/mol. The molecule has 17 heavy (non-hydrogen) atoms. The first kappa shape index (κ1) is 11.9. The van der Waals surface area contributed by atoms with Gasteiger partial charge in [0.25, 0.3) is 5.56 Å². The van der Waals surface area contributed by atoms with Crippen molar-refractivity contribution in [2.24, 2.45) is 0 Å². The van der Waals surface area contributed by atoms with E-state index in [1.54, 1.807) is 5.10 Å². The average molecular weight is 249 g/mol. The van der Waals surface area contributed by atoms with Gasteiger partial charge < -0.3 is 10.0 Å². The molecule has 0 bridgehead atoms. The Labute approximate surface area is 93.9 Å². The number of nitrogens with zero attached hydrogens (tertiary/aromatic N) is 2. The van der Waals surface area contributed by atoms with Crippen molar-refractivity contribution in [1.29, 1.82) is 0 Å². The minimum Gasteiger partial charge on any atom is -0.391 e. The number of H-pyrrole nitrogens is 1. The summed E-state index contributed by atoms with van der Waals surface area (Å²) in [6.07, 6.45) is -4.07. The third-order valence-corrected chi connectivity index (χ3v) is 2.62. The van der Waals surface area contributed by atoms with Crippen molar-refractivity contribution < 1.29 is 18.3 Å². The van der Waals surface area contributed by atoms with Crippen LogP contribution in [0.4, 0.5) is 18.9 Å². The van der Waals surface area contributed by atoms with Gasteiger partial charge in [0.05, 0.1) is 18.0 Å². The lowest BCUT2D eigenvalue weighted by molar-refractivity contribution is -0.138. The van der Waals surface area contributed by atoms with Gasteiger partial charge in [-0.25, -0.2) is 5.10 Å². The topological polar surface area (TPSA) is 69.2 Å². The van der Waals surface area contributed by atoms with Gasteiger partial charge in [-0.05, 0) is 6.42 Å². The maximum atomic E-state index is 12.7. The second-order valence-electron chi connectivity index (χ2n) is 3.85. The SMILES string of the molecule is O=c1[nH]ncc(N2CCC(O)C2)c1C(F)(F)F. The van der Waals surface area contributed by atoms with Gasteiger partial charge in [0.1, 0.15) is 5.56 Å². The molecular formula is C9H10F3N3O2. The van der Waals surface area contributed by atoms with Gasteiger partial charge in [0, 0.05) is 13.1 Å². The number of aromatic nitrogens is 2. The van der Waals surface area contributed by atoms with Crippen LogP contribution < -0.4 is 10.5 Å². The van der Waals surface area contributed by atoms with Crippen molar-refractivity contribution >= 4 is 5.69 Å². The maximum absolute atomic E-state index is 12.7. The van der Waals surface area contributed by atoms with Crippen LogP contribution in [0.15, 0.2) is 11.0 Å². The predicted molar refractivity (Wildman–Crippen MR) is 52.7 cm³/mol. The van der Waals surface area contributed by atoms with E-state index in [0.717, 1.165) is 6.20 Å². The summed E-state index contributed by atoms with van der Waals surface area (Å²) in [4.78, 5) is 12.5. The number of aliphatic hydroxyl groups excluding tert-OH is 1. The molecule has 2 heterocycles. The fourth-order valence-electron chi connectivity index (χ4n) is 1.86. The van der Waals surface area contributed by atoms with Crippen molar-refractivity contribution in [2.45, 2.75) is 18.7 Å². The average Bonchev–Trinajstić information content (AvgIpc) is 2.62. The van der Waals surface area contributed by atoms with Crippen LogP contribution in [-0.2, 0) is 6.18 Å². The van der Waals surface area contributed by atoms with Crippen LogP contribution in [-0.4, -0.2) is 34.5 Å². The van der Waals surface area contributed by atoms with Gasteiger partial charge >= 0.3 is 6.18 Å². The van der Waals surface area contributed by atoms with Crippen LogP contribution in [0, 0.1) is 0 Å². The molecule has 0 spiro atoms. The molecule has 1 aromatic heterocycles. The zero-order valence-electron chi connectivity index (χ0n) is 8.66. The monoisotopic (exact) mass is 249 g/mol. The molecule has 8 heteroatoms. The number of aliphatic hydroxyl groups is 1. The summed E-state index contributed by atoms with van der Waals surface area (Å²) in [5.74, 6) is 0. The van der Waals surface area contributed by atoms with Crippen molar-refractivity contribution in [1.82, 2.24) is 10.2 Å². The van der Waals surface area contributed by atoms with E-state index >= 15 is 0 Å². The number of hydrogen-bond acceptors (Lipinski definition) is 4.